The number of rotatable bonds is 4. The molecular weight excluding hydrogens is 331 g/mol. The van der Waals surface area contributed by atoms with Gasteiger partial charge in [0.15, 0.2) is 0 Å². The van der Waals surface area contributed by atoms with Gasteiger partial charge in [-0.2, -0.15) is 0 Å². The van der Waals surface area contributed by atoms with Crippen LogP contribution in [0.15, 0.2) is 53.6 Å². The molecule has 0 N–H and O–H groups in total. The molecule has 3 rings (SSSR count). The van der Waals surface area contributed by atoms with Crippen LogP contribution in [0.4, 0.5) is 0 Å². The summed E-state index contributed by atoms with van der Waals surface area (Å²) in [6, 6.07) is 15.7. The Morgan fingerprint density at radius 1 is 1.13 bits per heavy atom. The molecule has 1 aliphatic heterocycles. The minimum Gasteiger partial charge on any atom is -0.298 e. The first-order valence-electron chi connectivity index (χ1n) is 7.41. The van der Waals surface area contributed by atoms with Crippen LogP contribution in [0.1, 0.15) is 17.5 Å². The highest BCUT2D eigenvalue weighted by Gasteiger charge is 2.39. The van der Waals surface area contributed by atoms with Crippen molar-refractivity contribution in [1.82, 2.24) is 4.90 Å². The fourth-order valence-electron chi connectivity index (χ4n) is 3.09. The molecule has 118 valence electrons. The van der Waals surface area contributed by atoms with Gasteiger partial charge in [-0.05, 0) is 41.8 Å². The third kappa shape index (κ3) is 3.46. The van der Waals surface area contributed by atoms with Crippen LogP contribution >= 0.6 is 23.2 Å². The fourth-order valence-corrected chi connectivity index (χ4v) is 3.39. The SMILES string of the molecule is [N-]=[N+]=NC1(c2ccc(Cl)c(Cl)c2)CCN(Cc2ccccc2)C1. The van der Waals surface area contributed by atoms with Gasteiger partial charge in [0, 0.05) is 18.0 Å². The molecule has 2 aromatic rings. The van der Waals surface area contributed by atoms with Crippen molar-refractivity contribution >= 4 is 23.2 Å². The molecule has 0 amide bonds. The Morgan fingerprint density at radius 2 is 1.91 bits per heavy atom. The maximum atomic E-state index is 9.03. The van der Waals surface area contributed by atoms with Crippen LogP contribution < -0.4 is 0 Å². The first-order valence-corrected chi connectivity index (χ1v) is 8.17. The molecule has 4 nitrogen and oxygen atoms in total. The van der Waals surface area contributed by atoms with Crippen molar-refractivity contribution in [3.8, 4) is 0 Å². The standard InChI is InChI=1S/C17H16Cl2N4/c18-15-7-6-14(10-16(15)19)17(21-22-20)8-9-23(12-17)11-13-4-2-1-3-5-13/h1-7,10H,8-9,11-12H2. The topological polar surface area (TPSA) is 52.0 Å². The van der Waals surface area contributed by atoms with Crippen molar-refractivity contribution in [1.29, 1.82) is 0 Å². The zero-order chi connectivity index (χ0) is 16.3. The molecule has 1 heterocycles. The van der Waals surface area contributed by atoms with E-state index in [0.29, 0.717) is 16.6 Å². The summed E-state index contributed by atoms with van der Waals surface area (Å²) in [4.78, 5) is 5.38. The highest BCUT2D eigenvalue weighted by atomic mass is 35.5. The Hall–Kier alpha value is -1.71. The van der Waals surface area contributed by atoms with Crippen LogP contribution in [0.25, 0.3) is 10.4 Å². The average molecular weight is 347 g/mol. The van der Waals surface area contributed by atoms with Crippen molar-refractivity contribution in [3.63, 3.8) is 0 Å². The lowest BCUT2D eigenvalue weighted by atomic mass is 9.90. The number of halogens is 2. The Bertz CT molecular complexity index is 744. The molecule has 1 saturated heterocycles. The van der Waals surface area contributed by atoms with Crippen LogP contribution in [-0.4, -0.2) is 18.0 Å². The highest BCUT2D eigenvalue weighted by Crippen LogP contribution is 2.39. The first-order chi connectivity index (χ1) is 11.1. The zero-order valence-corrected chi connectivity index (χ0v) is 14.0. The first kappa shape index (κ1) is 16.2. The Balaban J connectivity index is 1.85. The predicted molar refractivity (Wildman–Crippen MR) is 93.6 cm³/mol. The van der Waals surface area contributed by atoms with E-state index in [0.717, 1.165) is 25.1 Å². The molecule has 0 aliphatic carbocycles. The molecule has 0 bridgehead atoms. The number of hydrogen-bond acceptors (Lipinski definition) is 2. The van der Waals surface area contributed by atoms with Gasteiger partial charge in [0.2, 0.25) is 0 Å². The molecule has 1 fully saturated rings. The second-order valence-electron chi connectivity index (χ2n) is 5.80. The molecule has 0 aromatic heterocycles. The summed E-state index contributed by atoms with van der Waals surface area (Å²) < 4.78 is 0. The van der Waals surface area contributed by atoms with E-state index in [2.05, 4.69) is 27.1 Å². The van der Waals surface area contributed by atoms with Gasteiger partial charge < -0.3 is 0 Å². The van der Waals surface area contributed by atoms with Crippen LogP contribution in [-0.2, 0) is 12.1 Å². The number of likely N-dealkylation sites (tertiary alicyclic amines) is 1. The van der Waals surface area contributed by atoms with Crippen molar-refractivity contribution < 1.29 is 0 Å². The van der Waals surface area contributed by atoms with Gasteiger partial charge in [-0.15, -0.1) is 0 Å². The van der Waals surface area contributed by atoms with Crippen molar-refractivity contribution in [2.45, 2.75) is 18.5 Å². The maximum Gasteiger partial charge on any atom is 0.0877 e. The van der Waals surface area contributed by atoms with Gasteiger partial charge in [0.25, 0.3) is 0 Å². The summed E-state index contributed by atoms with van der Waals surface area (Å²) in [6.07, 6.45) is 0.766. The van der Waals surface area contributed by atoms with Crippen LogP contribution in [0.5, 0.6) is 0 Å². The van der Waals surface area contributed by atoms with Crippen molar-refractivity contribution in [2.75, 3.05) is 13.1 Å². The predicted octanol–water partition coefficient (Wildman–Crippen LogP) is 5.40. The number of azide groups is 1. The van der Waals surface area contributed by atoms with E-state index in [1.165, 1.54) is 5.56 Å². The lowest BCUT2D eigenvalue weighted by molar-refractivity contribution is 0.304. The summed E-state index contributed by atoms with van der Waals surface area (Å²) >= 11 is 12.1. The fraction of sp³-hybridized carbons (Fsp3) is 0.294. The Labute approximate surface area is 145 Å². The lowest BCUT2D eigenvalue weighted by Crippen LogP contribution is -2.28. The van der Waals surface area contributed by atoms with E-state index in [9.17, 15) is 0 Å². The molecule has 1 unspecified atom stereocenters. The molecule has 0 radical (unpaired) electrons. The van der Waals surface area contributed by atoms with Gasteiger partial charge in [0.05, 0.1) is 15.6 Å². The zero-order valence-electron chi connectivity index (χ0n) is 12.5. The van der Waals surface area contributed by atoms with E-state index < -0.39 is 5.54 Å². The second kappa shape index (κ2) is 6.81. The smallest absolute Gasteiger partial charge is 0.0877 e. The Kier molecular flexibility index (Phi) is 4.79. The van der Waals surface area contributed by atoms with E-state index in [1.54, 1.807) is 6.07 Å². The summed E-state index contributed by atoms with van der Waals surface area (Å²) in [5.74, 6) is 0. The Morgan fingerprint density at radius 3 is 2.61 bits per heavy atom. The lowest BCUT2D eigenvalue weighted by Gasteiger charge is -2.25. The van der Waals surface area contributed by atoms with E-state index in [-0.39, 0.29) is 0 Å². The van der Waals surface area contributed by atoms with E-state index >= 15 is 0 Å². The molecular formula is C17H16Cl2N4. The van der Waals surface area contributed by atoms with Gasteiger partial charge >= 0.3 is 0 Å². The molecule has 2 aromatic carbocycles. The minimum absolute atomic E-state index is 0.484. The molecule has 0 spiro atoms. The normalized spacial score (nSPS) is 21.1. The summed E-state index contributed by atoms with van der Waals surface area (Å²) in [7, 11) is 0. The van der Waals surface area contributed by atoms with Crippen molar-refractivity contribution in [2.24, 2.45) is 5.11 Å². The maximum absolute atomic E-state index is 9.03. The largest absolute Gasteiger partial charge is 0.298 e. The minimum atomic E-state index is -0.586. The van der Waals surface area contributed by atoms with Crippen LogP contribution in [0, 0.1) is 0 Å². The molecule has 1 aliphatic rings. The van der Waals surface area contributed by atoms with E-state index in [4.69, 9.17) is 28.7 Å². The highest BCUT2D eigenvalue weighted by molar-refractivity contribution is 6.42. The van der Waals surface area contributed by atoms with Gasteiger partial charge in [-0.25, -0.2) is 0 Å². The molecule has 23 heavy (non-hydrogen) atoms. The van der Waals surface area contributed by atoms with Crippen LogP contribution in [0.3, 0.4) is 0 Å². The molecule has 0 saturated carbocycles. The van der Waals surface area contributed by atoms with Crippen LogP contribution in [0.2, 0.25) is 10.0 Å². The number of benzene rings is 2. The van der Waals surface area contributed by atoms with Gasteiger partial charge in [0.1, 0.15) is 0 Å². The molecule has 6 heteroatoms. The summed E-state index contributed by atoms with van der Waals surface area (Å²) in [5, 5.41) is 5.11. The number of nitrogens with zero attached hydrogens (tertiary/aromatic N) is 4. The summed E-state index contributed by atoms with van der Waals surface area (Å²) in [5.41, 5.74) is 10.6. The third-order valence-electron chi connectivity index (χ3n) is 4.27. The van der Waals surface area contributed by atoms with E-state index in [1.807, 2.05) is 30.3 Å². The molecule has 1 atom stereocenters. The summed E-state index contributed by atoms with van der Waals surface area (Å²) in [6.45, 7) is 2.38. The monoisotopic (exact) mass is 346 g/mol. The number of hydrogen-bond donors (Lipinski definition) is 0. The average Bonchev–Trinajstić information content (AvgIpc) is 2.95. The third-order valence-corrected chi connectivity index (χ3v) is 5.01. The van der Waals surface area contributed by atoms with Gasteiger partial charge in [-0.1, -0.05) is 64.7 Å². The van der Waals surface area contributed by atoms with Gasteiger partial charge in [-0.3, -0.25) is 4.90 Å². The van der Waals surface area contributed by atoms with Crippen molar-refractivity contribution in [3.05, 3.63) is 80.1 Å². The second-order valence-corrected chi connectivity index (χ2v) is 6.61. The quantitative estimate of drug-likeness (QED) is 0.415.